The van der Waals surface area contributed by atoms with Gasteiger partial charge < -0.3 is 15.2 Å². The molecule has 0 aromatic carbocycles. The third-order valence-corrected chi connectivity index (χ3v) is 2.63. The number of nitrogens with zero attached hydrogens (tertiary/aromatic N) is 1. The Hall–Kier alpha value is -1.14. The van der Waals surface area contributed by atoms with Crippen molar-refractivity contribution >= 4 is 22.5 Å². The number of aromatic nitrogens is 1. The van der Waals surface area contributed by atoms with Gasteiger partial charge in [0.2, 0.25) is 0 Å². The first-order chi connectivity index (χ1) is 7.52. The van der Waals surface area contributed by atoms with Gasteiger partial charge >= 0.3 is 5.97 Å². The van der Waals surface area contributed by atoms with Crippen LogP contribution < -0.4 is 5.73 Å². The highest BCUT2D eigenvalue weighted by molar-refractivity contribution is 7.10. The zero-order chi connectivity index (χ0) is 12.1. The van der Waals surface area contributed by atoms with Crippen molar-refractivity contribution in [1.29, 1.82) is 0 Å². The summed E-state index contributed by atoms with van der Waals surface area (Å²) in [6, 6.07) is 0. The van der Waals surface area contributed by atoms with E-state index in [1.165, 1.54) is 0 Å². The summed E-state index contributed by atoms with van der Waals surface area (Å²) in [6.07, 6.45) is 0.133. The number of carbonyl (C=O) groups is 1. The van der Waals surface area contributed by atoms with Gasteiger partial charge in [0.15, 0.2) is 0 Å². The molecule has 6 heteroatoms. The average Bonchev–Trinajstić information content (AvgIpc) is 2.53. The van der Waals surface area contributed by atoms with Crippen molar-refractivity contribution < 1.29 is 14.3 Å². The molecule has 0 bridgehead atoms. The normalized spacial score (nSPS) is 10.8. The highest BCUT2D eigenvalue weighted by atomic mass is 32.1. The van der Waals surface area contributed by atoms with Gasteiger partial charge in [-0.1, -0.05) is 0 Å². The number of hydrogen-bond acceptors (Lipinski definition) is 6. The Morgan fingerprint density at radius 3 is 2.69 bits per heavy atom. The van der Waals surface area contributed by atoms with Crippen molar-refractivity contribution in [1.82, 2.24) is 4.37 Å². The van der Waals surface area contributed by atoms with Crippen LogP contribution in [0.4, 0.5) is 5.00 Å². The highest BCUT2D eigenvalue weighted by Crippen LogP contribution is 2.21. The van der Waals surface area contributed by atoms with E-state index >= 15 is 0 Å². The third-order valence-electron chi connectivity index (χ3n) is 1.86. The second-order valence-corrected chi connectivity index (χ2v) is 4.37. The van der Waals surface area contributed by atoms with E-state index in [1.807, 2.05) is 13.8 Å². The maximum atomic E-state index is 11.6. The van der Waals surface area contributed by atoms with Gasteiger partial charge in [0.1, 0.15) is 17.2 Å². The molecule has 0 unspecified atom stereocenters. The molecule has 0 amide bonds. The molecule has 0 fully saturated rings. The van der Waals surface area contributed by atoms with Crippen LogP contribution in [0.1, 0.15) is 29.9 Å². The predicted molar refractivity (Wildman–Crippen MR) is 62.6 cm³/mol. The van der Waals surface area contributed by atoms with E-state index in [1.54, 1.807) is 6.92 Å². The topological polar surface area (TPSA) is 74.4 Å². The number of rotatable bonds is 5. The van der Waals surface area contributed by atoms with E-state index < -0.39 is 5.97 Å². The molecule has 0 saturated carbocycles. The SMILES string of the molecule is Cc1nsc(N)c1C(=O)OCCOC(C)C. The fourth-order valence-corrected chi connectivity index (χ4v) is 1.77. The molecule has 0 saturated heterocycles. The number of nitrogens with two attached hydrogens (primary N) is 1. The lowest BCUT2D eigenvalue weighted by Gasteiger charge is -2.08. The molecule has 0 aliphatic rings. The summed E-state index contributed by atoms with van der Waals surface area (Å²) in [5, 5.41) is 0.396. The van der Waals surface area contributed by atoms with Crippen LogP contribution in [0.2, 0.25) is 0 Å². The molecule has 1 aromatic rings. The van der Waals surface area contributed by atoms with Crippen molar-refractivity contribution in [3.05, 3.63) is 11.3 Å². The Balaban J connectivity index is 2.41. The van der Waals surface area contributed by atoms with Crippen molar-refractivity contribution in [2.75, 3.05) is 18.9 Å². The Morgan fingerprint density at radius 2 is 2.19 bits per heavy atom. The Kier molecular flexibility index (Phi) is 4.70. The Bertz CT molecular complexity index is 343. The Labute approximate surface area is 98.7 Å². The molecular weight excluding hydrogens is 228 g/mol. The van der Waals surface area contributed by atoms with Crippen LogP contribution in [-0.2, 0) is 9.47 Å². The minimum Gasteiger partial charge on any atom is -0.460 e. The van der Waals surface area contributed by atoms with Crippen molar-refractivity contribution in [2.45, 2.75) is 26.9 Å². The fourth-order valence-electron chi connectivity index (χ4n) is 1.13. The summed E-state index contributed by atoms with van der Waals surface area (Å²) in [6.45, 7) is 6.19. The van der Waals surface area contributed by atoms with E-state index in [0.29, 0.717) is 22.9 Å². The zero-order valence-corrected chi connectivity index (χ0v) is 10.5. The summed E-state index contributed by atoms with van der Waals surface area (Å²) in [4.78, 5) is 11.6. The van der Waals surface area contributed by atoms with Crippen LogP contribution in [-0.4, -0.2) is 29.7 Å². The first-order valence-electron chi connectivity index (χ1n) is 5.02. The van der Waals surface area contributed by atoms with Gasteiger partial charge in [-0.15, -0.1) is 0 Å². The second kappa shape index (κ2) is 5.81. The first-order valence-corrected chi connectivity index (χ1v) is 5.80. The van der Waals surface area contributed by atoms with Crippen LogP contribution in [0, 0.1) is 6.92 Å². The van der Waals surface area contributed by atoms with E-state index in [-0.39, 0.29) is 12.7 Å². The minimum atomic E-state index is -0.434. The van der Waals surface area contributed by atoms with Crippen LogP contribution in [0.5, 0.6) is 0 Å². The molecule has 1 heterocycles. The summed E-state index contributed by atoms with van der Waals surface area (Å²) in [5.41, 5.74) is 6.60. The lowest BCUT2D eigenvalue weighted by molar-refractivity contribution is 0.0177. The van der Waals surface area contributed by atoms with Crippen LogP contribution in [0.15, 0.2) is 0 Å². The quantitative estimate of drug-likeness (QED) is 0.629. The highest BCUT2D eigenvalue weighted by Gasteiger charge is 2.17. The Morgan fingerprint density at radius 1 is 1.50 bits per heavy atom. The van der Waals surface area contributed by atoms with Gasteiger partial charge in [-0.05, 0) is 32.3 Å². The molecular formula is C10H16N2O3S. The zero-order valence-electron chi connectivity index (χ0n) is 9.65. The van der Waals surface area contributed by atoms with Crippen molar-refractivity contribution in [2.24, 2.45) is 0 Å². The average molecular weight is 244 g/mol. The van der Waals surface area contributed by atoms with Crippen molar-refractivity contribution in [3.8, 4) is 0 Å². The minimum absolute atomic E-state index is 0.133. The fraction of sp³-hybridized carbons (Fsp3) is 0.600. The molecule has 1 aromatic heterocycles. The van der Waals surface area contributed by atoms with Gasteiger partial charge in [-0.25, -0.2) is 4.79 Å². The summed E-state index contributed by atoms with van der Waals surface area (Å²) in [5.74, 6) is -0.434. The number of hydrogen-bond donors (Lipinski definition) is 1. The maximum Gasteiger partial charge on any atom is 0.343 e. The van der Waals surface area contributed by atoms with Crippen molar-refractivity contribution in [3.63, 3.8) is 0 Å². The molecule has 90 valence electrons. The van der Waals surface area contributed by atoms with Gasteiger partial charge in [-0.2, -0.15) is 4.37 Å². The number of anilines is 1. The van der Waals surface area contributed by atoms with Crippen LogP contribution in [0.25, 0.3) is 0 Å². The molecule has 5 nitrogen and oxygen atoms in total. The lowest BCUT2D eigenvalue weighted by Crippen LogP contribution is -2.14. The summed E-state index contributed by atoms with van der Waals surface area (Å²) >= 11 is 1.10. The molecule has 2 N–H and O–H groups in total. The van der Waals surface area contributed by atoms with Crippen LogP contribution >= 0.6 is 11.5 Å². The monoisotopic (exact) mass is 244 g/mol. The lowest BCUT2D eigenvalue weighted by atomic mass is 10.2. The summed E-state index contributed by atoms with van der Waals surface area (Å²) < 4.78 is 14.2. The van der Waals surface area contributed by atoms with Gasteiger partial charge in [-0.3, -0.25) is 0 Å². The first kappa shape index (κ1) is 12.9. The number of carbonyl (C=O) groups excluding carboxylic acids is 1. The number of esters is 1. The van der Waals surface area contributed by atoms with Crippen LogP contribution in [0.3, 0.4) is 0 Å². The smallest absolute Gasteiger partial charge is 0.343 e. The third kappa shape index (κ3) is 3.46. The van der Waals surface area contributed by atoms with Gasteiger partial charge in [0.05, 0.1) is 18.4 Å². The molecule has 0 radical (unpaired) electrons. The summed E-state index contributed by atoms with van der Waals surface area (Å²) in [7, 11) is 0. The van der Waals surface area contributed by atoms with E-state index in [4.69, 9.17) is 15.2 Å². The van der Waals surface area contributed by atoms with E-state index in [9.17, 15) is 4.79 Å². The van der Waals surface area contributed by atoms with E-state index in [2.05, 4.69) is 4.37 Å². The molecule has 1 rings (SSSR count). The number of nitrogen functional groups attached to an aromatic ring is 1. The molecule has 0 aliphatic carbocycles. The molecule has 16 heavy (non-hydrogen) atoms. The predicted octanol–water partition coefficient (Wildman–Crippen LogP) is 1.62. The number of aryl methyl sites for hydroxylation is 1. The number of ether oxygens (including phenoxy) is 2. The molecule has 0 aliphatic heterocycles. The largest absolute Gasteiger partial charge is 0.460 e. The van der Waals surface area contributed by atoms with Gasteiger partial charge in [0.25, 0.3) is 0 Å². The molecule has 0 spiro atoms. The standard InChI is InChI=1S/C10H16N2O3S/c1-6(2)14-4-5-15-10(13)8-7(3)12-16-9(8)11/h6H,4-5,11H2,1-3H3. The molecule has 0 atom stereocenters. The van der Waals surface area contributed by atoms with E-state index in [0.717, 1.165) is 11.5 Å². The van der Waals surface area contributed by atoms with Gasteiger partial charge in [0, 0.05) is 0 Å². The second-order valence-electron chi connectivity index (χ2n) is 3.56. The maximum absolute atomic E-state index is 11.6.